The van der Waals surface area contributed by atoms with Gasteiger partial charge in [0.2, 0.25) is 0 Å². The van der Waals surface area contributed by atoms with Crippen LogP contribution in [0.15, 0.2) is 91.0 Å². The zero-order valence-corrected chi connectivity index (χ0v) is 24.8. The van der Waals surface area contributed by atoms with Crippen molar-refractivity contribution in [3.63, 3.8) is 0 Å². The molecule has 1 unspecified atom stereocenters. The van der Waals surface area contributed by atoms with Crippen LogP contribution in [0.2, 0.25) is 0 Å². The molecule has 9 nitrogen and oxygen atoms in total. The molecule has 45 heavy (non-hydrogen) atoms. The third-order valence-electron chi connectivity index (χ3n) is 6.31. The number of nitrogens with zero attached hydrogens (tertiary/aromatic N) is 1. The average molecular weight is 663 g/mol. The summed E-state index contributed by atoms with van der Waals surface area (Å²) in [6.45, 7) is 0.606. The molecule has 244 valence electrons. The fourth-order valence-electron chi connectivity index (χ4n) is 4.17. The number of primary amides is 1. The van der Waals surface area contributed by atoms with E-state index in [2.05, 4.69) is 72.8 Å². The lowest BCUT2D eigenvalue weighted by Gasteiger charge is -2.32. The standard InChI is InChI=1S/C25H30N4OP.2C2HF3O2/c1-29(25(27)28,20-24(26)30)18-11-19-31(21-12-5-2-6-13-21,22-14-7-3-8-15-22)23-16-9-4-10-17-23;2*3-2(4,5)1(6)7/h2-10,12-17H,11,18-20H2,1H3,(H4-,26,27,28,30);2*(H,6,7)/q+1;;/p+1. The monoisotopic (exact) mass is 662 g/mol. The van der Waals surface area contributed by atoms with E-state index >= 15 is 0 Å². The molecule has 0 aliphatic rings. The molecule has 0 bridgehead atoms. The van der Waals surface area contributed by atoms with Gasteiger partial charge in [-0.25, -0.2) is 15.0 Å². The molecular formula is C29H33F6N4O5P+2. The van der Waals surface area contributed by atoms with Gasteiger partial charge in [-0.1, -0.05) is 54.6 Å². The van der Waals surface area contributed by atoms with Crippen molar-refractivity contribution >= 4 is 47.0 Å². The molecule has 7 N–H and O–H groups in total. The Morgan fingerprint density at radius 1 is 0.711 bits per heavy atom. The quantitative estimate of drug-likeness (QED) is 0.0774. The SMILES string of the molecule is C[N+](CCC[P+](c1ccccc1)(c1ccccc1)c1ccccc1)(CC(N)=O)C(=N)N.O=C(O)C(F)(F)F.O=C(O)C(F)(F)F. The molecule has 0 saturated carbocycles. The van der Waals surface area contributed by atoms with Crippen molar-refractivity contribution in [2.45, 2.75) is 18.8 Å². The summed E-state index contributed by atoms with van der Waals surface area (Å²) in [7, 11) is -0.135. The van der Waals surface area contributed by atoms with Crippen LogP contribution in [-0.4, -0.2) is 77.2 Å². The van der Waals surface area contributed by atoms with Crippen molar-refractivity contribution < 1.29 is 55.4 Å². The molecule has 3 rings (SSSR count). The maximum atomic E-state index is 11.6. The molecule has 0 aromatic heterocycles. The number of carboxylic acid groups (broad SMARTS) is 2. The minimum atomic E-state index is -5.08. The lowest BCUT2D eigenvalue weighted by Crippen LogP contribution is -2.57. The molecule has 16 heteroatoms. The van der Waals surface area contributed by atoms with E-state index < -0.39 is 37.5 Å². The van der Waals surface area contributed by atoms with E-state index in [-0.39, 0.29) is 17.0 Å². The van der Waals surface area contributed by atoms with Gasteiger partial charge in [0, 0.05) is 6.42 Å². The van der Waals surface area contributed by atoms with Crippen LogP contribution in [-0.2, 0) is 14.4 Å². The molecule has 0 saturated heterocycles. The molecule has 1 atom stereocenters. The highest BCUT2D eigenvalue weighted by molar-refractivity contribution is 7.95. The minimum absolute atomic E-state index is 0.0305. The smallest absolute Gasteiger partial charge is 0.475 e. The van der Waals surface area contributed by atoms with E-state index in [0.29, 0.717) is 6.54 Å². The van der Waals surface area contributed by atoms with Gasteiger partial charge in [-0.3, -0.25) is 9.28 Å². The Balaban J connectivity index is 0.000000601. The van der Waals surface area contributed by atoms with E-state index in [1.807, 2.05) is 18.2 Å². The predicted octanol–water partition coefficient (Wildman–Crippen LogP) is 3.46. The molecule has 3 aromatic rings. The van der Waals surface area contributed by atoms with Gasteiger partial charge in [-0.2, -0.15) is 26.3 Å². The highest BCUT2D eigenvalue weighted by atomic mass is 31.2. The molecule has 0 heterocycles. The molecule has 0 fully saturated rings. The summed E-state index contributed by atoms with van der Waals surface area (Å²) >= 11 is 0. The number of aliphatic carboxylic acids is 2. The van der Waals surface area contributed by atoms with Crippen LogP contribution in [0.25, 0.3) is 0 Å². The molecule has 3 aromatic carbocycles. The van der Waals surface area contributed by atoms with Crippen LogP contribution in [0, 0.1) is 5.41 Å². The van der Waals surface area contributed by atoms with E-state index in [4.69, 9.17) is 36.7 Å². The molecule has 0 spiro atoms. The third-order valence-corrected chi connectivity index (χ3v) is 10.8. The number of nitrogens with two attached hydrogens (primary N) is 2. The van der Waals surface area contributed by atoms with Crippen molar-refractivity contribution in [1.82, 2.24) is 0 Å². The van der Waals surface area contributed by atoms with Crippen molar-refractivity contribution in [3.05, 3.63) is 91.0 Å². The van der Waals surface area contributed by atoms with Gasteiger partial charge < -0.3 is 21.7 Å². The number of nitrogens with one attached hydrogen (secondary N) is 1. The number of guanidine groups is 1. The van der Waals surface area contributed by atoms with Crippen LogP contribution in [0.4, 0.5) is 26.3 Å². The summed E-state index contributed by atoms with van der Waals surface area (Å²) in [6, 6.07) is 32.0. The Morgan fingerprint density at radius 3 is 1.22 bits per heavy atom. The predicted molar refractivity (Wildman–Crippen MR) is 159 cm³/mol. The van der Waals surface area contributed by atoms with Crippen LogP contribution < -0.4 is 27.4 Å². The summed E-state index contributed by atoms with van der Waals surface area (Å²) in [5.41, 5.74) is 11.3. The van der Waals surface area contributed by atoms with Crippen molar-refractivity contribution in [2.24, 2.45) is 11.5 Å². The fraction of sp³-hybridized carbons (Fsp3) is 0.241. The Hall–Kier alpha value is -4.49. The molecule has 0 radical (unpaired) electrons. The normalized spacial score (nSPS) is 12.7. The lowest BCUT2D eigenvalue weighted by atomic mass is 10.3. The van der Waals surface area contributed by atoms with Gasteiger partial charge in [0.1, 0.15) is 23.2 Å². The summed E-state index contributed by atoms with van der Waals surface area (Å²) in [6.07, 6.45) is -8.46. The molecule has 0 aliphatic carbocycles. The topological polar surface area (TPSA) is 168 Å². The van der Waals surface area contributed by atoms with Crippen LogP contribution in [0.1, 0.15) is 6.42 Å². The van der Waals surface area contributed by atoms with Gasteiger partial charge in [0.05, 0.1) is 19.8 Å². The number of benzene rings is 3. The van der Waals surface area contributed by atoms with Gasteiger partial charge in [0.25, 0.3) is 11.9 Å². The van der Waals surface area contributed by atoms with Crippen molar-refractivity contribution in [2.75, 3.05) is 26.3 Å². The van der Waals surface area contributed by atoms with Crippen LogP contribution in [0.5, 0.6) is 0 Å². The summed E-state index contributed by atoms with van der Waals surface area (Å²) in [5, 5.41) is 26.2. The van der Waals surface area contributed by atoms with Gasteiger partial charge in [-0.05, 0) is 36.4 Å². The second-order valence-corrected chi connectivity index (χ2v) is 13.2. The first-order valence-electron chi connectivity index (χ1n) is 12.9. The number of rotatable bonds is 9. The second-order valence-electron chi connectivity index (χ2n) is 9.63. The van der Waals surface area contributed by atoms with E-state index in [0.717, 1.165) is 12.6 Å². The first kappa shape index (κ1) is 38.5. The average Bonchev–Trinajstić information content (AvgIpc) is 2.96. The molecular weight excluding hydrogens is 629 g/mol. The highest BCUT2D eigenvalue weighted by Gasteiger charge is 2.45. The largest absolute Gasteiger partial charge is 0.490 e. The first-order valence-corrected chi connectivity index (χ1v) is 14.9. The maximum absolute atomic E-state index is 11.6. The molecule has 0 aliphatic heterocycles. The molecule has 1 amide bonds. The number of quaternary nitrogens is 1. The summed E-state index contributed by atoms with van der Waals surface area (Å²) in [5.74, 6) is -6.00. The van der Waals surface area contributed by atoms with Crippen molar-refractivity contribution in [3.8, 4) is 0 Å². The number of halogens is 6. The van der Waals surface area contributed by atoms with Crippen LogP contribution >= 0.6 is 7.26 Å². The number of hydrogen-bond acceptors (Lipinski definition) is 4. The second kappa shape index (κ2) is 16.5. The van der Waals surface area contributed by atoms with Gasteiger partial charge in [-0.15, -0.1) is 0 Å². The van der Waals surface area contributed by atoms with Gasteiger partial charge in [0.15, 0.2) is 6.54 Å². The number of likely N-dealkylation sites (N-methyl/N-ethyl adjacent to an activating group) is 1. The van der Waals surface area contributed by atoms with Gasteiger partial charge >= 0.3 is 24.3 Å². The number of carboxylic acids is 2. The fourth-order valence-corrected chi connectivity index (χ4v) is 8.50. The van der Waals surface area contributed by atoms with Crippen LogP contribution in [0.3, 0.4) is 0 Å². The Bertz CT molecular complexity index is 1290. The number of carbonyl (C=O) groups is 3. The number of hydrogen-bond donors (Lipinski definition) is 5. The van der Waals surface area contributed by atoms with E-state index in [1.54, 1.807) is 7.05 Å². The van der Waals surface area contributed by atoms with E-state index in [1.165, 1.54) is 15.9 Å². The third kappa shape index (κ3) is 11.8. The zero-order valence-electron chi connectivity index (χ0n) is 23.9. The number of amides is 1. The zero-order chi connectivity index (χ0) is 34.5. The number of carbonyl (C=O) groups excluding carboxylic acids is 1. The maximum Gasteiger partial charge on any atom is 0.490 e. The Labute approximate surface area is 255 Å². The van der Waals surface area contributed by atoms with Crippen molar-refractivity contribution in [1.29, 1.82) is 5.41 Å². The first-order chi connectivity index (χ1) is 20.8. The Morgan fingerprint density at radius 2 is 1.00 bits per heavy atom. The Kier molecular flexibility index (Phi) is 14.2. The summed E-state index contributed by atoms with van der Waals surface area (Å²) < 4.78 is 63.5. The highest BCUT2D eigenvalue weighted by Crippen LogP contribution is 2.55. The van der Waals surface area contributed by atoms with E-state index in [9.17, 15) is 31.1 Å². The summed E-state index contributed by atoms with van der Waals surface area (Å²) in [4.78, 5) is 29.4. The lowest BCUT2D eigenvalue weighted by molar-refractivity contribution is -0.814. The number of alkyl halides is 6. The minimum Gasteiger partial charge on any atom is -0.475 e.